The molecule has 1 aliphatic carbocycles. The maximum atomic E-state index is 13.6. The van der Waals surface area contributed by atoms with Crippen molar-refractivity contribution in [1.29, 1.82) is 0 Å². The van der Waals surface area contributed by atoms with Crippen LogP contribution in [0.2, 0.25) is 0 Å². The number of hydrogen-bond acceptors (Lipinski definition) is 1. The first-order chi connectivity index (χ1) is 8.66. The average Bonchev–Trinajstić information content (AvgIpc) is 2.79. The van der Waals surface area contributed by atoms with Crippen LogP contribution in [0.15, 0.2) is 24.3 Å². The first-order valence-corrected chi connectivity index (χ1v) is 5.85. The number of benzene rings is 2. The first kappa shape index (κ1) is 12.5. The van der Waals surface area contributed by atoms with Gasteiger partial charge in [0.1, 0.15) is 0 Å². The Morgan fingerprint density at radius 1 is 1.32 bits per heavy atom. The Bertz CT molecular complexity index is 821. The van der Waals surface area contributed by atoms with Gasteiger partial charge in [0.25, 0.3) is 0 Å². The summed E-state index contributed by atoms with van der Waals surface area (Å²) in [6, 6.07) is 10.3. The molecule has 97 valence electrons. The number of imidazole rings is 1. The summed E-state index contributed by atoms with van der Waals surface area (Å²) in [4.78, 5) is 4.54. The van der Waals surface area contributed by atoms with Gasteiger partial charge >= 0.3 is 0 Å². The quantitative estimate of drug-likeness (QED) is 0.392. The fraction of sp³-hybridized carbons (Fsp3) is 0.133. The summed E-state index contributed by atoms with van der Waals surface area (Å²) in [6.07, 6.45) is 0. The standard InChI is InChI=1S/C15H10FN2.Ir/c1-8-17-14-12-7-10(16)6-9-4-3-5-11(13(9)12)15(14)18(8)2;/h3-6H,1-2H3;/q-1;. The second kappa shape index (κ2) is 3.99. The molecule has 3 aromatic rings. The minimum Gasteiger partial charge on any atom is -0.340 e. The third-order valence-electron chi connectivity index (χ3n) is 3.68. The summed E-state index contributed by atoms with van der Waals surface area (Å²) in [6.45, 7) is 1.96. The zero-order valence-corrected chi connectivity index (χ0v) is 12.8. The fourth-order valence-corrected chi connectivity index (χ4v) is 2.79. The molecule has 0 amide bonds. The van der Waals surface area contributed by atoms with Gasteiger partial charge in [-0.1, -0.05) is 35.0 Å². The molecule has 1 aromatic heterocycles. The summed E-state index contributed by atoms with van der Waals surface area (Å²) in [5.41, 5.74) is 3.83. The Labute approximate surface area is 123 Å². The number of aryl methyl sites for hydroxylation is 1. The third-order valence-corrected chi connectivity index (χ3v) is 3.68. The molecule has 2 aromatic carbocycles. The maximum Gasteiger partial charge on any atom is 0.0949 e. The van der Waals surface area contributed by atoms with E-state index in [1.807, 2.05) is 26.1 Å². The van der Waals surface area contributed by atoms with Crippen molar-refractivity contribution in [2.45, 2.75) is 6.92 Å². The van der Waals surface area contributed by atoms with Crippen molar-refractivity contribution in [3.05, 3.63) is 42.0 Å². The van der Waals surface area contributed by atoms with Crippen LogP contribution in [0.3, 0.4) is 0 Å². The molecule has 0 spiro atoms. The Morgan fingerprint density at radius 2 is 2.11 bits per heavy atom. The predicted octanol–water partition coefficient (Wildman–Crippen LogP) is 3.47. The van der Waals surface area contributed by atoms with Crippen molar-refractivity contribution in [2.75, 3.05) is 0 Å². The van der Waals surface area contributed by atoms with Crippen LogP contribution in [0.1, 0.15) is 5.82 Å². The Hall–Kier alpha value is -1.51. The summed E-state index contributed by atoms with van der Waals surface area (Å²) in [5.74, 6) is 0.603. The van der Waals surface area contributed by atoms with Crippen molar-refractivity contribution >= 4 is 10.8 Å². The van der Waals surface area contributed by atoms with E-state index in [4.69, 9.17) is 0 Å². The number of nitrogens with zero attached hydrogens (tertiary/aromatic N) is 2. The van der Waals surface area contributed by atoms with Crippen LogP contribution in [0.5, 0.6) is 0 Å². The zero-order chi connectivity index (χ0) is 12.4. The van der Waals surface area contributed by atoms with E-state index in [2.05, 4.69) is 21.7 Å². The van der Waals surface area contributed by atoms with Crippen molar-refractivity contribution in [3.63, 3.8) is 0 Å². The van der Waals surface area contributed by atoms with E-state index in [0.29, 0.717) is 0 Å². The first-order valence-electron chi connectivity index (χ1n) is 5.85. The van der Waals surface area contributed by atoms with E-state index in [1.165, 1.54) is 6.07 Å². The molecule has 1 heterocycles. The molecule has 4 rings (SSSR count). The Morgan fingerprint density at radius 3 is 2.89 bits per heavy atom. The summed E-state index contributed by atoms with van der Waals surface area (Å²) < 4.78 is 15.7. The van der Waals surface area contributed by atoms with Gasteiger partial charge < -0.3 is 4.57 Å². The molecule has 0 saturated carbocycles. The largest absolute Gasteiger partial charge is 0.340 e. The number of rotatable bonds is 0. The average molecular weight is 429 g/mol. The van der Waals surface area contributed by atoms with Gasteiger partial charge in [-0.3, -0.25) is 4.98 Å². The monoisotopic (exact) mass is 430 g/mol. The molecule has 0 atom stereocenters. The van der Waals surface area contributed by atoms with Gasteiger partial charge in [0.15, 0.2) is 0 Å². The van der Waals surface area contributed by atoms with E-state index >= 15 is 0 Å². The van der Waals surface area contributed by atoms with Gasteiger partial charge in [-0.05, 0) is 12.5 Å². The minimum atomic E-state index is -0.328. The molecule has 0 saturated heterocycles. The summed E-state index contributed by atoms with van der Waals surface area (Å²) in [5, 5.41) is 1.97. The summed E-state index contributed by atoms with van der Waals surface area (Å²) in [7, 11) is 1.99. The van der Waals surface area contributed by atoms with Crippen molar-refractivity contribution in [1.82, 2.24) is 9.55 Å². The molecule has 0 bridgehead atoms. The number of halogens is 1. The summed E-state index contributed by atoms with van der Waals surface area (Å²) >= 11 is 0. The minimum absolute atomic E-state index is 0. The van der Waals surface area contributed by atoms with Crippen molar-refractivity contribution in [2.24, 2.45) is 7.05 Å². The van der Waals surface area contributed by atoms with Crippen molar-refractivity contribution in [3.8, 4) is 22.5 Å². The Balaban J connectivity index is 0.00000110. The van der Waals surface area contributed by atoms with Crippen LogP contribution < -0.4 is 0 Å². The molecule has 4 heteroatoms. The van der Waals surface area contributed by atoms with Crippen LogP contribution in [0, 0.1) is 18.8 Å². The molecule has 19 heavy (non-hydrogen) atoms. The van der Waals surface area contributed by atoms with Gasteiger partial charge in [-0.2, -0.15) is 0 Å². The van der Waals surface area contributed by atoms with Crippen LogP contribution in [0.4, 0.5) is 4.39 Å². The molecular weight excluding hydrogens is 419 g/mol. The number of fused-ring (bicyclic) bond motifs is 3. The molecule has 0 aliphatic heterocycles. The van der Waals surface area contributed by atoms with Crippen LogP contribution >= 0.6 is 0 Å². The zero-order valence-electron chi connectivity index (χ0n) is 10.4. The van der Waals surface area contributed by atoms with Gasteiger partial charge in [-0.15, -0.1) is 11.6 Å². The van der Waals surface area contributed by atoms with Crippen molar-refractivity contribution < 1.29 is 24.5 Å². The van der Waals surface area contributed by atoms with Gasteiger partial charge in [0, 0.05) is 44.4 Å². The molecule has 0 fully saturated rings. The number of aromatic nitrogens is 2. The van der Waals surface area contributed by atoms with Crippen LogP contribution in [-0.4, -0.2) is 9.55 Å². The van der Waals surface area contributed by atoms with E-state index < -0.39 is 0 Å². The van der Waals surface area contributed by atoms with Crippen LogP contribution in [0.25, 0.3) is 33.3 Å². The normalized spacial score (nSPS) is 11.5. The third kappa shape index (κ3) is 1.47. The van der Waals surface area contributed by atoms with Gasteiger partial charge in [-0.25, -0.2) is 4.39 Å². The maximum absolute atomic E-state index is 13.6. The SMILES string of the molecule is Cc1nc2c(n1C)-c1cccc3cc(F)[c-]c-2c13.[Ir]. The molecule has 1 aliphatic rings. The molecule has 1 radical (unpaired) electrons. The van der Waals surface area contributed by atoms with E-state index in [9.17, 15) is 4.39 Å². The second-order valence-corrected chi connectivity index (χ2v) is 4.68. The van der Waals surface area contributed by atoms with E-state index in [0.717, 1.165) is 39.1 Å². The van der Waals surface area contributed by atoms with Gasteiger partial charge in [0.2, 0.25) is 0 Å². The number of hydrogen-bond donors (Lipinski definition) is 0. The molecule has 2 nitrogen and oxygen atoms in total. The molecule has 0 N–H and O–H groups in total. The second-order valence-electron chi connectivity index (χ2n) is 4.68. The van der Waals surface area contributed by atoms with Gasteiger partial charge in [0.05, 0.1) is 5.82 Å². The molecular formula is C15H10FIrN2-. The van der Waals surface area contributed by atoms with E-state index in [1.54, 1.807) is 0 Å². The smallest absolute Gasteiger partial charge is 0.0949 e. The Kier molecular flexibility index (Phi) is 2.63. The van der Waals surface area contributed by atoms with Crippen LogP contribution in [-0.2, 0) is 27.2 Å². The fourth-order valence-electron chi connectivity index (χ4n) is 2.79. The molecule has 0 unspecified atom stereocenters. The topological polar surface area (TPSA) is 17.8 Å². The van der Waals surface area contributed by atoms with E-state index in [-0.39, 0.29) is 25.9 Å². The predicted molar refractivity (Wildman–Crippen MR) is 68.7 cm³/mol.